The molecular formula is C24H22ClF6N5O2. The number of hydrogen-bond donors (Lipinski definition) is 2. The Morgan fingerprint density at radius 3 is 2.50 bits per heavy atom. The van der Waals surface area contributed by atoms with Gasteiger partial charge in [0.2, 0.25) is 11.7 Å². The summed E-state index contributed by atoms with van der Waals surface area (Å²) in [6.45, 7) is 0.127. The zero-order valence-electron chi connectivity index (χ0n) is 19.5. The minimum atomic E-state index is -4.79. The summed E-state index contributed by atoms with van der Waals surface area (Å²) in [6, 6.07) is 7.60. The molecule has 204 valence electrons. The lowest BCUT2D eigenvalue weighted by Crippen LogP contribution is -2.35. The fourth-order valence-corrected chi connectivity index (χ4v) is 4.03. The van der Waals surface area contributed by atoms with Crippen molar-refractivity contribution in [2.45, 2.75) is 31.2 Å². The number of nitrogens with one attached hydrogen (secondary N) is 1. The number of hydrogen-bond acceptors (Lipinski definition) is 5. The summed E-state index contributed by atoms with van der Waals surface area (Å²) >= 11 is 0. The van der Waals surface area contributed by atoms with E-state index in [1.165, 1.54) is 30.3 Å². The fourth-order valence-electron chi connectivity index (χ4n) is 4.03. The Morgan fingerprint density at radius 2 is 1.82 bits per heavy atom. The van der Waals surface area contributed by atoms with Gasteiger partial charge in [0.05, 0.1) is 11.1 Å². The number of nitrogens with zero attached hydrogens (tertiary/aromatic N) is 3. The molecule has 7 nitrogen and oxygen atoms in total. The van der Waals surface area contributed by atoms with Crippen molar-refractivity contribution in [3.8, 4) is 17.1 Å². The van der Waals surface area contributed by atoms with E-state index >= 15 is 0 Å². The zero-order valence-corrected chi connectivity index (χ0v) is 20.3. The van der Waals surface area contributed by atoms with Gasteiger partial charge in [-0.15, -0.1) is 12.4 Å². The number of ether oxygens (including phenoxy) is 1. The van der Waals surface area contributed by atoms with Gasteiger partial charge in [-0.1, -0.05) is 29.4 Å². The van der Waals surface area contributed by atoms with Crippen molar-refractivity contribution in [2.24, 2.45) is 5.73 Å². The Morgan fingerprint density at radius 1 is 1.11 bits per heavy atom. The van der Waals surface area contributed by atoms with Crippen molar-refractivity contribution in [3.05, 3.63) is 71.1 Å². The molecule has 0 spiro atoms. The number of alkyl halides is 6. The third-order valence-corrected chi connectivity index (χ3v) is 5.73. The maximum Gasteiger partial charge on any atom is 0.419 e. The van der Waals surface area contributed by atoms with Gasteiger partial charge in [0, 0.05) is 12.1 Å². The quantitative estimate of drug-likeness (QED) is 0.207. The number of likely N-dealkylation sites (tertiary alicyclic amines) is 1. The predicted octanol–water partition coefficient (Wildman–Crippen LogP) is 6.32. The first-order chi connectivity index (χ1) is 17.4. The molecule has 4 rings (SSSR count). The molecule has 1 aliphatic rings. The first kappa shape index (κ1) is 28.8. The Kier molecular flexibility index (Phi) is 8.60. The Hall–Kier alpha value is -3.74. The van der Waals surface area contributed by atoms with E-state index in [4.69, 9.17) is 20.4 Å². The van der Waals surface area contributed by atoms with Gasteiger partial charge in [-0.25, -0.2) is 0 Å². The molecule has 2 heterocycles. The van der Waals surface area contributed by atoms with Gasteiger partial charge in [0.25, 0.3) is 0 Å². The van der Waals surface area contributed by atoms with Crippen LogP contribution in [0.2, 0.25) is 0 Å². The second kappa shape index (κ2) is 11.3. The minimum absolute atomic E-state index is 0. The maximum absolute atomic E-state index is 13.8. The van der Waals surface area contributed by atoms with Crippen molar-refractivity contribution in [2.75, 3.05) is 13.2 Å². The molecule has 14 heteroatoms. The third-order valence-electron chi connectivity index (χ3n) is 5.73. The highest BCUT2D eigenvalue weighted by Gasteiger charge is 2.36. The molecule has 38 heavy (non-hydrogen) atoms. The molecule has 1 aliphatic heterocycles. The molecule has 0 bridgehead atoms. The zero-order chi connectivity index (χ0) is 26.8. The second-order valence-electron chi connectivity index (χ2n) is 8.20. The summed E-state index contributed by atoms with van der Waals surface area (Å²) in [5.41, 5.74) is 3.48. The molecule has 3 aromatic rings. The summed E-state index contributed by atoms with van der Waals surface area (Å²) in [6.07, 6.45) is -5.68. The highest BCUT2D eigenvalue weighted by molar-refractivity contribution is 5.85. The topological polar surface area (TPSA) is 101 Å². The number of aromatic nitrogens is 2. The SMILES string of the molecule is Cl.N=C(N)N1CCC[C@H]1c1nc(-c2ccc(OC/C=C/c3ccccc3C(F)(F)F)c(C(F)(F)F)c2)no1. The molecule has 0 radical (unpaired) electrons. The monoisotopic (exact) mass is 561 g/mol. The minimum Gasteiger partial charge on any atom is -0.489 e. The van der Waals surface area contributed by atoms with E-state index in [0.717, 1.165) is 30.7 Å². The summed E-state index contributed by atoms with van der Waals surface area (Å²) in [5, 5.41) is 11.4. The molecule has 0 aliphatic carbocycles. The standard InChI is InChI=1S/C24H21F6N5O2.ClH/c25-23(26,27)16-7-2-1-5-14(16)6-4-12-36-19-10-9-15(13-17(19)24(28,29)30)20-33-21(37-34-20)18-8-3-11-35(18)22(31)32;/h1-2,4-7,9-10,13,18H,3,8,11-12H2,(H3,31,32);1H/b6-4+;/t18-;/m0./s1. The van der Waals surface area contributed by atoms with Gasteiger partial charge >= 0.3 is 12.4 Å². The van der Waals surface area contributed by atoms with Crippen LogP contribution in [-0.4, -0.2) is 34.2 Å². The number of benzene rings is 2. The number of halogens is 7. The first-order valence-corrected chi connectivity index (χ1v) is 11.1. The molecule has 1 aromatic heterocycles. The first-order valence-electron chi connectivity index (χ1n) is 11.1. The van der Waals surface area contributed by atoms with Crippen molar-refractivity contribution in [3.63, 3.8) is 0 Å². The summed E-state index contributed by atoms with van der Waals surface area (Å²) in [4.78, 5) is 5.77. The summed E-state index contributed by atoms with van der Waals surface area (Å²) in [7, 11) is 0. The molecule has 3 N–H and O–H groups in total. The number of rotatable bonds is 6. The van der Waals surface area contributed by atoms with Gasteiger partial charge in [-0.05, 0) is 48.7 Å². The van der Waals surface area contributed by atoms with E-state index < -0.39 is 41.9 Å². The molecule has 1 atom stereocenters. The van der Waals surface area contributed by atoms with Crippen LogP contribution in [0.25, 0.3) is 17.5 Å². The molecule has 1 fully saturated rings. The molecule has 2 aromatic carbocycles. The van der Waals surface area contributed by atoms with Crippen LogP contribution < -0.4 is 10.5 Å². The predicted molar refractivity (Wildman–Crippen MR) is 129 cm³/mol. The second-order valence-corrected chi connectivity index (χ2v) is 8.20. The van der Waals surface area contributed by atoms with Crippen molar-refractivity contribution in [1.29, 1.82) is 5.41 Å². The van der Waals surface area contributed by atoms with Crippen LogP contribution in [0.1, 0.15) is 41.5 Å². The van der Waals surface area contributed by atoms with E-state index in [0.29, 0.717) is 13.0 Å². The lowest BCUT2D eigenvalue weighted by atomic mass is 10.1. The fraction of sp³-hybridized carbons (Fsp3) is 0.292. The average molecular weight is 562 g/mol. The molecule has 0 amide bonds. The largest absolute Gasteiger partial charge is 0.489 e. The molecule has 1 saturated heterocycles. The van der Waals surface area contributed by atoms with Crippen LogP contribution in [0.3, 0.4) is 0 Å². The maximum atomic E-state index is 13.8. The normalized spacial score (nSPS) is 16.1. The van der Waals surface area contributed by atoms with Crippen LogP contribution in [0.15, 0.2) is 53.1 Å². The summed E-state index contributed by atoms with van der Waals surface area (Å²) in [5.74, 6) is -0.613. The lowest BCUT2D eigenvalue weighted by Gasteiger charge is -2.21. The van der Waals surface area contributed by atoms with E-state index in [1.807, 2.05) is 0 Å². The highest BCUT2D eigenvalue weighted by Crippen LogP contribution is 2.39. The average Bonchev–Trinajstić information content (AvgIpc) is 3.51. The van der Waals surface area contributed by atoms with Gasteiger partial charge in [-0.3, -0.25) is 5.41 Å². The van der Waals surface area contributed by atoms with Crippen molar-refractivity contribution >= 4 is 24.4 Å². The van der Waals surface area contributed by atoms with E-state index in [1.54, 1.807) is 4.90 Å². The lowest BCUT2D eigenvalue weighted by molar-refractivity contribution is -0.139. The van der Waals surface area contributed by atoms with Crippen LogP contribution in [-0.2, 0) is 12.4 Å². The Bertz CT molecular complexity index is 1310. The summed E-state index contributed by atoms with van der Waals surface area (Å²) < 4.78 is 91.1. The number of nitrogens with two attached hydrogens (primary N) is 1. The van der Waals surface area contributed by atoms with Crippen LogP contribution in [0, 0.1) is 5.41 Å². The van der Waals surface area contributed by atoms with Crippen molar-refractivity contribution in [1.82, 2.24) is 15.0 Å². The van der Waals surface area contributed by atoms with E-state index in [2.05, 4.69) is 10.1 Å². The number of guanidine groups is 1. The van der Waals surface area contributed by atoms with E-state index in [-0.39, 0.29) is 41.2 Å². The molecular weight excluding hydrogens is 540 g/mol. The smallest absolute Gasteiger partial charge is 0.419 e. The van der Waals surface area contributed by atoms with Gasteiger partial charge in [0.1, 0.15) is 18.4 Å². The van der Waals surface area contributed by atoms with Crippen molar-refractivity contribution < 1.29 is 35.6 Å². The van der Waals surface area contributed by atoms with Crippen LogP contribution in [0.5, 0.6) is 5.75 Å². The molecule has 0 unspecified atom stereocenters. The van der Waals surface area contributed by atoms with Gasteiger partial charge < -0.3 is 19.9 Å². The third kappa shape index (κ3) is 6.39. The molecule has 0 saturated carbocycles. The Balaban J connectivity index is 0.00000400. The highest BCUT2D eigenvalue weighted by atomic mass is 35.5. The van der Waals surface area contributed by atoms with E-state index in [9.17, 15) is 26.3 Å². The van der Waals surface area contributed by atoms with Gasteiger partial charge in [0.15, 0.2) is 5.96 Å². The van der Waals surface area contributed by atoms with Crippen LogP contribution >= 0.6 is 12.4 Å². The Labute approximate surface area is 219 Å². The van der Waals surface area contributed by atoms with Crippen LogP contribution in [0.4, 0.5) is 26.3 Å². The van der Waals surface area contributed by atoms with Gasteiger partial charge in [-0.2, -0.15) is 31.3 Å².